The van der Waals surface area contributed by atoms with E-state index in [1.54, 1.807) is 6.07 Å². The van der Waals surface area contributed by atoms with Gasteiger partial charge in [-0.2, -0.15) is 0 Å². The monoisotopic (exact) mass is 259 g/mol. The highest BCUT2D eigenvalue weighted by Crippen LogP contribution is 2.31. The summed E-state index contributed by atoms with van der Waals surface area (Å²) in [6.45, 7) is 2.91. The largest absolute Gasteiger partial charge is 0.316 e. The molecule has 0 aliphatic carbocycles. The van der Waals surface area contributed by atoms with E-state index in [-0.39, 0.29) is 5.56 Å². The predicted molar refractivity (Wildman–Crippen MR) is 65.7 cm³/mol. The van der Waals surface area contributed by atoms with Crippen LogP contribution in [0.3, 0.4) is 0 Å². The SMILES string of the molecule is CC(F)(F)c1ccc(CC2CCNC2)c(Cl)c1. The van der Waals surface area contributed by atoms with Crippen molar-refractivity contribution in [3.8, 4) is 0 Å². The average molecular weight is 260 g/mol. The summed E-state index contributed by atoms with van der Waals surface area (Å²) in [6.07, 6.45) is 1.99. The van der Waals surface area contributed by atoms with Crippen molar-refractivity contribution in [2.45, 2.75) is 25.7 Å². The fourth-order valence-electron chi connectivity index (χ4n) is 2.19. The lowest BCUT2D eigenvalue weighted by Gasteiger charge is -2.14. The second-order valence-electron chi connectivity index (χ2n) is 4.76. The lowest BCUT2D eigenvalue weighted by Crippen LogP contribution is -2.11. The van der Waals surface area contributed by atoms with Crippen LogP contribution < -0.4 is 5.32 Å². The number of alkyl halides is 2. The minimum atomic E-state index is -2.82. The van der Waals surface area contributed by atoms with Crippen LogP contribution in [0, 0.1) is 5.92 Å². The maximum atomic E-state index is 13.1. The van der Waals surface area contributed by atoms with Gasteiger partial charge in [0.2, 0.25) is 0 Å². The molecule has 1 atom stereocenters. The molecule has 1 aromatic carbocycles. The normalized spacial score (nSPS) is 20.8. The molecule has 1 unspecified atom stereocenters. The van der Waals surface area contributed by atoms with Crippen molar-refractivity contribution >= 4 is 11.6 Å². The van der Waals surface area contributed by atoms with E-state index >= 15 is 0 Å². The molecule has 1 fully saturated rings. The smallest absolute Gasteiger partial charge is 0.270 e. The van der Waals surface area contributed by atoms with Crippen LogP contribution in [0.4, 0.5) is 8.78 Å². The van der Waals surface area contributed by atoms with Gasteiger partial charge in [-0.25, -0.2) is 8.78 Å². The topological polar surface area (TPSA) is 12.0 Å². The summed E-state index contributed by atoms with van der Waals surface area (Å²) in [5, 5.41) is 3.74. The molecular weight excluding hydrogens is 244 g/mol. The van der Waals surface area contributed by atoms with Gasteiger partial charge in [-0.3, -0.25) is 0 Å². The molecule has 0 saturated carbocycles. The summed E-state index contributed by atoms with van der Waals surface area (Å²) < 4.78 is 26.2. The molecule has 1 saturated heterocycles. The number of rotatable bonds is 3. The van der Waals surface area contributed by atoms with Gasteiger partial charge in [-0.05, 0) is 43.5 Å². The molecule has 0 aromatic heterocycles. The van der Waals surface area contributed by atoms with Crippen molar-refractivity contribution < 1.29 is 8.78 Å². The Balaban J connectivity index is 2.14. The van der Waals surface area contributed by atoms with Crippen LogP contribution in [0.5, 0.6) is 0 Å². The molecule has 94 valence electrons. The molecule has 1 aliphatic heterocycles. The van der Waals surface area contributed by atoms with Gasteiger partial charge in [0.05, 0.1) is 0 Å². The standard InChI is InChI=1S/C13H16ClF2N/c1-13(15,16)11-3-2-10(12(14)7-11)6-9-4-5-17-8-9/h2-3,7,9,17H,4-6,8H2,1H3. The van der Waals surface area contributed by atoms with Gasteiger partial charge in [0, 0.05) is 17.5 Å². The average Bonchev–Trinajstić information content (AvgIpc) is 2.72. The highest BCUT2D eigenvalue weighted by molar-refractivity contribution is 6.31. The van der Waals surface area contributed by atoms with E-state index < -0.39 is 5.92 Å². The first-order valence-corrected chi connectivity index (χ1v) is 6.22. The van der Waals surface area contributed by atoms with Crippen LogP contribution in [0.25, 0.3) is 0 Å². The summed E-state index contributed by atoms with van der Waals surface area (Å²) in [5.74, 6) is -2.25. The first kappa shape index (κ1) is 12.8. The Morgan fingerprint density at radius 1 is 1.47 bits per heavy atom. The Labute approximate surface area is 105 Å². The predicted octanol–water partition coefficient (Wildman–Crippen LogP) is 3.60. The zero-order chi connectivity index (χ0) is 12.5. The van der Waals surface area contributed by atoms with E-state index in [2.05, 4.69) is 5.32 Å². The van der Waals surface area contributed by atoms with Gasteiger partial charge in [0.15, 0.2) is 0 Å². The number of hydrogen-bond donors (Lipinski definition) is 1. The van der Waals surface area contributed by atoms with E-state index in [1.807, 2.05) is 0 Å². The van der Waals surface area contributed by atoms with Crippen molar-refractivity contribution in [1.82, 2.24) is 5.32 Å². The molecule has 0 spiro atoms. The molecular formula is C13H16ClF2N. The lowest BCUT2D eigenvalue weighted by molar-refractivity contribution is 0.0174. The van der Waals surface area contributed by atoms with E-state index in [4.69, 9.17) is 11.6 Å². The van der Waals surface area contributed by atoms with E-state index in [9.17, 15) is 8.78 Å². The lowest BCUT2D eigenvalue weighted by atomic mass is 9.97. The van der Waals surface area contributed by atoms with Gasteiger partial charge >= 0.3 is 0 Å². The van der Waals surface area contributed by atoms with Crippen LogP contribution in [-0.2, 0) is 12.3 Å². The second kappa shape index (κ2) is 4.91. The van der Waals surface area contributed by atoms with Gasteiger partial charge in [-0.15, -0.1) is 0 Å². The number of benzene rings is 1. The van der Waals surface area contributed by atoms with Crippen molar-refractivity contribution in [2.24, 2.45) is 5.92 Å². The zero-order valence-corrected chi connectivity index (χ0v) is 10.5. The molecule has 0 bridgehead atoms. The molecule has 1 N–H and O–H groups in total. The molecule has 1 nitrogen and oxygen atoms in total. The zero-order valence-electron chi connectivity index (χ0n) is 9.77. The first-order valence-electron chi connectivity index (χ1n) is 5.84. The van der Waals surface area contributed by atoms with E-state index in [1.165, 1.54) is 12.1 Å². The molecule has 4 heteroatoms. The maximum absolute atomic E-state index is 13.1. The molecule has 1 heterocycles. The summed E-state index contributed by atoms with van der Waals surface area (Å²) >= 11 is 6.06. The molecule has 17 heavy (non-hydrogen) atoms. The maximum Gasteiger partial charge on any atom is 0.270 e. The Bertz CT molecular complexity index is 395. The number of halogens is 3. The third-order valence-electron chi connectivity index (χ3n) is 3.23. The van der Waals surface area contributed by atoms with Crippen LogP contribution in [0.1, 0.15) is 24.5 Å². The first-order chi connectivity index (χ1) is 7.97. The minimum absolute atomic E-state index is 0.0178. The minimum Gasteiger partial charge on any atom is -0.316 e. The van der Waals surface area contributed by atoms with Crippen molar-refractivity contribution in [3.63, 3.8) is 0 Å². The molecule has 0 radical (unpaired) electrons. The Morgan fingerprint density at radius 2 is 2.24 bits per heavy atom. The van der Waals surface area contributed by atoms with Crippen molar-refractivity contribution in [1.29, 1.82) is 0 Å². The summed E-state index contributed by atoms with van der Waals surface area (Å²) in [5.41, 5.74) is 0.948. The van der Waals surface area contributed by atoms with Crippen LogP contribution >= 0.6 is 11.6 Å². The number of hydrogen-bond acceptors (Lipinski definition) is 1. The Hall–Kier alpha value is -0.670. The summed E-state index contributed by atoms with van der Waals surface area (Å²) in [7, 11) is 0. The fourth-order valence-corrected chi connectivity index (χ4v) is 2.44. The van der Waals surface area contributed by atoms with E-state index in [0.717, 1.165) is 38.4 Å². The van der Waals surface area contributed by atoms with Crippen LogP contribution in [0.2, 0.25) is 5.02 Å². The van der Waals surface area contributed by atoms with Gasteiger partial charge < -0.3 is 5.32 Å². The molecule has 1 aliphatic rings. The third kappa shape index (κ3) is 3.17. The van der Waals surface area contributed by atoms with Crippen LogP contribution in [-0.4, -0.2) is 13.1 Å². The quantitative estimate of drug-likeness (QED) is 0.875. The van der Waals surface area contributed by atoms with Crippen molar-refractivity contribution in [2.75, 3.05) is 13.1 Å². The summed E-state index contributed by atoms with van der Waals surface area (Å²) in [4.78, 5) is 0. The fraction of sp³-hybridized carbons (Fsp3) is 0.538. The van der Waals surface area contributed by atoms with Gasteiger partial charge in [-0.1, -0.05) is 23.7 Å². The molecule has 0 amide bonds. The Kier molecular flexibility index (Phi) is 3.69. The molecule has 2 rings (SSSR count). The van der Waals surface area contributed by atoms with Crippen LogP contribution in [0.15, 0.2) is 18.2 Å². The van der Waals surface area contributed by atoms with Crippen molar-refractivity contribution in [3.05, 3.63) is 34.3 Å². The number of nitrogens with one attached hydrogen (secondary N) is 1. The summed E-state index contributed by atoms with van der Waals surface area (Å²) in [6, 6.07) is 4.59. The van der Waals surface area contributed by atoms with E-state index in [0.29, 0.717) is 10.9 Å². The third-order valence-corrected chi connectivity index (χ3v) is 3.58. The van der Waals surface area contributed by atoms with Gasteiger partial charge in [0.1, 0.15) is 0 Å². The highest BCUT2D eigenvalue weighted by atomic mass is 35.5. The molecule has 1 aromatic rings. The Morgan fingerprint density at radius 3 is 2.76 bits per heavy atom. The highest BCUT2D eigenvalue weighted by Gasteiger charge is 2.25. The second-order valence-corrected chi connectivity index (χ2v) is 5.16. The van der Waals surface area contributed by atoms with Gasteiger partial charge in [0.25, 0.3) is 5.92 Å².